The number of sulfone groups is 1. The molecule has 0 saturated carbocycles. The van der Waals surface area contributed by atoms with Gasteiger partial charge >= 0.3 is 0 Å². The zero-order chi connectivity index (χ0) is 18.6. The average Bonchev–Trinajstić information content (AvgIpc) is 3.00. The van der Waals surface area contributed by atoms with E-state index in [1.807, 2.05) is 59.5 Å². The molecule has 7 heteroatoms. The summed E-state index contributed by atoms with van der Waals surface area (Å²) < 4.78 is 29.1. The van der Waals surface area contributed by atoms with Crippen LogP contribution >= 0.6 is 12.2 Å². The zero-order valence-electron chi connectivity index (χ0n) is 14.6. The van der Waals surface area contributed by atoms with Gasteiger partial charge in [0.1, 0.15) is 5.75 Å². The maximum atomic E-state index is 11.9. The van der Waals surface area contributed by atoms with Crippen LogP contribution in [-0.4, -0.2) is 43.1 Å². The molecule has 0 aromatic heterocycles. The first kappa shape index (κ1) is 18.7. The lowest BCUT2D eigenvalue weighted by Gasteiger charge is -2.31. The van der Waals surface area contributed by atoms with E-state index in [-0.39, 0.29) is 17.5 Å². The van der Waals surface area contributed by atoms with Crippen LogP contribution in [0.15, 0.2) is 54.6 Å². The van der Waals surface area contributed by atoms with Crippen molar-refractivity contribution in [3.8, 4) is 5.75 Å². The van der Waals surface area contributed by atoms with Gasteiger partial charge in [0.2, 0.25) is 0 Å². The third kappa shape index (κ3) is 4.74. The van der Waals surface area contributed by atoms with Crippen LogP contribution in [0.2, 0.25) is 0 Å². The number of anilines is 1. The number of nitrogens with one attached hydrogen (secondary N) is 1. The van der Waals surface area contributed by atoms with Gasteiger partial charge in [0.05, 0.1) is 18.6 Å². The van der Waals surface area contributed by atoms with E-state index in [9.17, 15) is 8.42 Å². The van der Waals surface area contributed by atoms with Crippen LogP contribution < -0.4 is 10.1 Å². The molecule has 26 heavy (non-hydrogen) atoms. The van der Waals surface area contributed by atoms with E-state index >= 15 is 0 Å². The number of thiocarbonyl (C=S) groups is 1. The number of ether oxygens (including phenoxy) is 1. The number of rotatable bonds is 5. The van der Waals surface area contributed by atoms with Crippen molar-refractivity contribution in [3.05, 3.63) is 60.2 Å². The van der Waals surface area contributed by atoms with E-state index in [0.717, 1.165) is 17.0 Å². The summed E-state index contributed by atoms with van der Waals surface area (Å²) in [7, 11) is -1.37. The molecular formula is C19H22N2O3S2. The van der Waals surface area contributed by atoms with E-state index in [1.54, 1.807) is 7.11 Å². The van der Waals surface area contributed by atoms with Crippen LogP contribution in [-0.2, 0) is 16.4 Å². The van der Waals surface area contributed by atoms with Crippen molar-refractivity contribution in [1.82, 2.24) is 4.90 Å². The summed E-state index contributed by atoms with van der Waals surface area (Å²) in [6.07, 6.45) is 0.597. The minimum atomic E-state index is -2.99. The number of benzene rings is 2. The molecule has 1 aliphatic rings. The van der Waals surface area contributed by atoms with Crippen molar-refractivity contribution in [1.29, 1.82) is 0 Å². The van der Waals surface area contributed by atoms with E-state index in [2.05, 4.69) is 5.32 Å². The molecule has 5 nitrogen and oxygen atoms in total. The normalized spacial score (nSPS) is 18.3. The van der Waals surface area contributed by atoms with Crippen LogP contribution in [0.25, 0.3) is 0 Å². The van der Waals surface area contributed by atoms with Crippen molar-refractivity contribution in [2.24, 2.45) is 0 Å². The highest BCUT2D eigenvalue weighted by Crippen LogP contribution is 2.22. The molecule has 2 aromatic rings. The van der Waals surface area contributed by atoms with Gasteiger partial charge in [-0.25, -0.2) is 8.42 Å². The monoisotopic (exact) mass is 390 g/mol. The molecule has 138 valence electrons. The smallest absolute Gasteiger partial charge is 0.174 e. The van der Waals surface area contributed by atoms with Gasteiger partial charge in [-0.1, -0.05) is 30.3 Å². The van der Waals surface area contributed by atoms with Crippen LogP contribution in [0.1, 0.15) is 12.0 Å². The minimum absolute atomic E-state index is 0.113. The first-order chi connectivity index (χ1) is 12.5. The molecule has 0 radical (unpaired) electrons. The van der Waals surface area contributed by atoms with Crippen molar-refractivity contribution in [2.45, 2.75) is 19.0 Å². The van der Waals surface area contributed by atoms with Gasteiger partial charge in [-0.3, -0.25) is 0 Å². The molecular weight excluding hydrogens is 368 g/mol. The Hall–Kier alpha value is -2.12. The Morgan fingerprint density at radius 2 is 1.88 bits per heavy atom. The molecule has 1 N–H and O–H groups in total. The third-order valence-electron chi connectivity index (χ3n) is 4.45. The Labute approximate surface area is 159 Å². The molecule has 0 aliphatic carbocycles. The van der Waals surface area contributed by atoms with E-state index in [0.29, 0.717) is 18.1 Å². The topological polar surface area (TPSA) is 58.6 Å². The summed E-state index contributed by atoms with van der Waals surface area (Å²) >= 11 is 5.62. The van der Waals surface area contributed by atoms with Crippen LogP contribution in [0.3, 0.4) is 0 Å². The predicted octanol–water partition coefficient (Wildman–Crippen LogP) is 3.08. The van der Waals surface area contributed by atoms with Crippen LogP contribution in [0.4, 0.5) is 5.69 Å². The molecule has 0 unspecified atom stereocenters. The lowest BCUT2D eigenvalue weighted by Crippen LogP contribution is -2.42. The van der Waals surface area contributed by atoms with Crippen molar-refractivity contribution < 1.29 is 13.2 Å². The maximum absolute atomic E-state index is 11.9. The lowest BCUT2D eigenvalue weighted by atomic mass is 10.1. The third-order valence-corrected chi connectivity index (χ3v) is 6.53. The van der Waals surface area contributed by atoms with Gasteiger partial charge in [0.15, 0.2) is 14.9 Å². The largest absolute Gasteiger partial charge is 0.497 e. The Morgan fingerprint density at radius 3 is 2.46 bits per heavy atom. The molecule has 1 atom stereocenters. The fourth-order valence-corrected chi connectivity index (χ4v) is 5.10. The van der Waals surface area contributed by atoms with Gasteiger partial charge in [0, 0.05) is 18.3 Å². The van der Waals surface area contributed by atoms with Crippen LogP contribution in [0.5, 0.6) is 5.75 Å². The maximum Gasteiger partial charge on any atom is 0.174 e. The van der Waals surface area contributed by atoms with E-state index in [1.165, 1.54) is 0 Å². The highest BCUT2D eigenvalue weighted by Gasteiger charge is 2.33. The Balaban J connectivity index is 1.78. The second kappa shape index (κ2) is 8.05. The Morgan fingerprint density at radius 1 is 1.19 bits per heavy atom. The van der Waals surface area contributed by atoms with Gasteiger partial charge in [-0.2, -0.15) is 0 Å². The minimum Gasteiger partial charge on any atom is -0.497 e. The van der Waals surface area contributed by atoms with Gasteiger partial charge in [-0.15, -0.1) is 0 Å². The van der Waals surface area contributed by atoms with E-state index < -0.39 is 9.84 Å². The zero-order valence-corrected chi connectivity index (χ0v) is 16.2. The Bertz CT molecular complexity index is 852. The van der Waals surface area contributed by atoms with Crippen molar-refractivity contribution in [3.63, 3.8) is 0 Å². The lowest BCUT2D eigenvalue weighted by molar-refractivity contribution is 0.332. The van der Waals surface area contributed by atoms with E-state index in [4.69, 9.17) is 17.0 Å². The van der Waals surface area contributed by atoms with Gasteiger partial charge in [0.25, 0.3) is 0 Å². The highest BCUT2D eigenvalue weighted by atomic mass is 32.2. The summed E-state index contributed by atoms with van der Waals surface area (Å²) in [6, 6.07) is 17.3. The number of methoxy groups -OCH3 is 1. The van der Waals surface area contributed by atoms with Gasteiger partial charge in [-0.05, 0) is 48.5 Å². The van der Waals surface area contributed by atoms with Crippen molar-refractivity contribution in [2.75, 3.05) is 23.9 Å². The second-order valence-electron chi connectivity index (χ2n) is 6.33. The molecule has 0 bridgehead atoms. The molecule has 3 rings (SSSR count). The average molecular weight is 391 g/mol. The molecule has 0 spiro atoms. The van der Waals surface area contributed by atoms with Crippen LogP contribution in [0, 0.1) is 0 Å². The predicted molar refractivity (Wildman–Crippen MR) is 108 cm³/mol. The number of hydrogen-bond donors (Lipinski definition) is 1. The molecule has 1 heterocycles. The number of nitrogens with zero attached hydrogens (tertiary/aromatic N) is 1. The van der Waals surface area contributed by atoms with Crippen molar-refractivity contribution >= 4 is 32.9 Å². The quantitative estimate of drug-likeness (QED) is 0.792. The fraction of sp³-hybridized carbons (Fsp3) is 0.316. The summed E-state index contributed by atoms with van der Waals surface area (Å²) in [5.74, 6) is 1.13. The SMILES string of the molecule is COc1ccc(NC(=S)N(Cc2ccccc2)[C@@H]2CCS(=O)(=O)C2)cc1. The first-order valence-electron chi connectivity index (χ1n) is 8.43. The van der Waals surface area contributed by atoms with Gasteiger partial charge < -0.3 is 15.0 Å². The second-order valence-corrected chi connectivity index (χ2v) is 8.94. The highest BCUT2D eigenvalue weighted by molar-refractivity contribution is 7.91. The molecule has 0 amide bonds. The molecule has 2 aromatic carbocycles. The number of hydrogen-bond acceptors (Lipinski definition) is 4. The summed E-state index contributed by atoms with van der Waals surface area (Å²) in [6.45, 7) is 0.572. The summed E-state index contributed by atoms with van der Waals surface area (Å²) in [4.78, 5) is 1.99. The Kier molecular flexibility index (Phi) is 5.78. The molecule has 1 saturated heterocycles. The molecule has 1 fully saturated rings. The summed E-state index contributed by atoms with van der Waals surface area (Å²) in [5, 5.41) is 3.75. The fourth-order valence-electron chi connectivity index (χ4n) is 3.04. The first-order valence-corrected chi connectivity index (χ1v) is 10.7. The molecule has 1 aliphatic heterocycles. The standard InChI is InChI=1S/C19H22N2O3S2/c1-24-18-9-7-16(8-10-18)20-19(25)21(13-15-5-3-2-4-6-15)17-11-12-26(22,23)14-17/h2-10,17H,11-14H2,1H3,(H,20,25)/t17-/m1/s1. The summed E-state index contributed by atoms with van der Waals surface area (Å²) in [5.41, 5.74) is 1.94.